The summed E-state index contributed by atoms with van der Waals surface area (Å²) in [4.78, 5) is 12.2. The van der Waals surface area contributed by atoms with Crippen LogP contribution in [0.4, 0.5) is 4.39 Å². The number of rotatable bonds is 10. The van der Waals surface area contributed by atoms with Gasteiger partial charge in [0.25, 0.3) is 5.91 Å². The van der Waals surface area contributed by atoms with E-state index in [4.69, 9.17) is 21.1 Å². The third-order valence-electron chi connectivity index (χ3n) is 5.81. The third-order valence-corrected chi connectivity index (χ3v) is 6.11. The maximum Gasteiger partial charge on any atom is 0.258 e. The minimum Gasteiger partial charge on any atom is -0.494 e. The van der Waals surface area contributed by atoms with E-state index in [1.807, 2.05) is 24.3 Å². The zero-order valence-corrected chi connectivity index (χ0v) is 18.0. The van der Waals surface area contributed by atoms with Crippen LogP contribution >= 0.6 is 11.6 Å². The van der Waals surface area contributed by atoms with Crippen molar-refractivity contribution in [2.24, 2.45) is 0 Å². The molecule has 31 heavy (non-hydrogen) atoms. The van der Waals surface area contributed by atoms with Gasteiger partial charge in [-0.2, -0.15) is 0 Å². The Labute approximate surface area is 185 Å². The fourth-order valence-corrected chi connectivity index (χ4v) is 4.58. The lowest BCUT2D eigenvalue weighted by Gasteiger charge is -2.71. The summed E-state index contributed by atoms with van der Waals surface area (Å²) in [6.07, 6.45) is 2.40. The largest absolute Gasteiger partial charge is 0.494 e. The lowest BCUT2D eigenvalue weighted by molar-refractivity contribution is -0.151. The summed E-state index contributed by atoms with van der Waals surface area (Å²) in [7, 11) is 0. The highest BCUT2D eigenvalue weighted by Gasteiger charge is 2.68. The van der Waals surface area contributed by atoms with Crippen LogP contribution in [0.15, 0.2) is 42.5 Å². The van der Waals surface area contributed by atoms with Crippen molar-refractivity contribution in [3.05, 3.63) is 58.9 Å². The molecule has 5 rings (SSSR count). The molecule has 2 aromatic carbocycles. The van der Waals surface area contributed by atoms with Crippen molar-refractivity contribution in [3.8, 4) is 11.5 Å². The molecule has 1 amide bonds. The van der Waals surface area contributed by atoms with Crippen molar-refractivity contribution in [3.63, 3.8) is 0 Å². The average molecular weight is 449 g/mol. The van der Waals surface area contributed by atoms with Crippen LogP contribution in [0.1, 0.15) is 44.4 Å². The molecule has 2 aromatic rings. The van der Waals surface area contributed by atoms with Crippen molar-refractivity contribution in [1.82, 2.24) is 10.6 Å². The first-order valence-electron chi connectivity index (χ1n) is 10.4. The molecular weight excluding hydrogens is 423 g/mol. The molecule has 2 bridgehead atoms. The summed E-state index contributed by atoms with van der Waals surface area (Å²) in [5, 5.41) is 16.8. The van der Waals surface area contributed by atoms with E-state index in [0.717, 1.165) is 43.1 Å². The molecule has 8 heteroatoms. The number of nitrogens with one attached hydrogen (secondary N) is 2. The molecule has 0 saturated heterocycles. The molecule has 3 aliphatic carbocycles. The van der Waals surface area contributed by atoms with E-state index in [9.17, 15) is 14.3 Å². The molecule has 0 spiro atoms. The minimum absolute atomic E-state index is 0.00595. The van der Waals surface area contributed by atoms with Crippen LogP contribution in [0.5, 0.6) is 11.5 Å². The highest BCUT2D eigenvalue weighted by atomic mass is 35.5. The molecular formula is C23H26ClFN2O4. The Morgan fingerprint density at radius 2 is 1.81 bits per heavy atom. The van der Waals surface area contributed by atoms with Gasteiger partial charge >= 0.3 is 0 Å². The average Bonchev–Trinajstić information content (AvgIpc) is 2.71. The van der Waals surface area contributed by atoms with Crippen LogP contribution in [0.2, 0.25) is 5.02 Å². The highest BCUT2D eigenvalue weighted by Crippen LogP contribution is 2.60. The van der Waals surface area contributed by atoms with Crippen LogP contribution in [0.3, 0.4) is 0 Å². The predicted molar refractivity (Wildman–Crippen MR) is 115 cm³/mol. The lowest BCUT2D eigenvalue weighted by Crippen LogP contribution is -2.83. The fourth-order valence-electron chi connectivity index (χ4n) is 4.46. The molecule has 3 N–H and O–H groups in total. The Morgan fingerprint density at radius 1 is 1.13 bits per heavy atom. The summed E-state index contributed by atoms with van der Waals surface area (Å²) >= 11 is 5.64. The van der Waals surface area contributed by atoms with E-state index in [1.165, 1.54) is 12.1 Å². The number of ether oxygens (including phenoxy) is 2. The number of carbonyl (C=O) groups excluding carboxylic acids is 1. The Kier molecular flexibility index (Phi) is 6.10. The van der Waals surface area contributed by atoms with Crippen molar-refractivity contribution in [1.29, 1.82) is 0 Å². The van der Waals surface area contributed by atoms with Crippen LogP contribution < -0.4 is 20.1 Å². The second kappa shape index (κ2) is 8.65. The Morgan fingerprint density at radius 3 is 2.45 bits per heavy atom. The normalized spacial score (nSPS) is 24.5. The monoisotopic (exact) mass is 448 g/mol. The van der Waals surface area contributed by atoms with Crippen molar-refractivity contribution < 1.29 is 23.8 Å². The number of aliphatic hydroxyl groups is 1. The second-order valence-electron chi connectivity index (χ2n) is 8.47. The van der Waals surface area contributed by atoms with Gasteiger partial charge in [0, 0.05) is 17.1 Å². The molecule has 0 aromatic heterocycles. The number of aliphatic hydroxyl groups excluding tert-OH is 1. The van der Waals surface area contributed by atoms with E-state index in [1.54, 1.807) is 0 Å². The molecule has 3 aliphatic rings. The maximum absolute atomic E-state index is 13.4. The highest BCUT2D eigenvalue weighted by molar-refractivity contribution is 6.30. The fraction of sp³-hybridized carbons (Fsp3) is 0.435. The van der Waals surface area contributed by atoms with Gasteiger partial charge in [-0.05, 0) is 55.5 Å². The summed E-state index contributed by atoms with van der Waals surface area (Å²) in [6.45, 7) is 2.52. The number of halogens is 2. The molecule has 166 valence electrons. The predicted octanol–water partition coefficient (Wildman–Crippen LogP) is 3.72. The zero-order chi connectivity index (χ0) is 22.1. The van der Waals surface area contributed by atoms with Crippen molar-refractivity contribution >= 4 is 17.5 Å². The SMILES string of the molecule is CCCOc1ccc(C(O)NC23CC(NC(=O)COc4ccc(Cl)c(F)c4)(C2)C3)cc1. The maximum atomic E-state index is 13.4. The van der Waals surface area contributed by atoms with Crippen LogP contribution in [0.25, 0.3) is 0 Å². The molecule has 6 nitrogen and oxygen atoms in total. The third kappa shape index (κ3) is 4.79. The van der Waals surface area contributed by atoms with Crippen molar-refractivity contribution in [2.75, 3.05) is 13.2 Å². The summed E-state index contributed by atoms with van der Waals surface area (Å²) in [5.41, 5.74) is 0.357. The Balaban J connectivity index is 1.21. The van der Waals surface area contributed by atoms with Gasteiger partial charge in [0.05, 0.1) is 11.6 Å². The van der Waals surface area contributed by atoms with Gasteiger partial charge in [0.1, 0.15) is 23.5 Å². The van der Waals surface area contributed by atoms with Gasteiger partial charge in [0.15, 0.2) is 6.61 Å². The molecule has 0 radical (unpaired) electrons. The van der Waals surface area contributed by atoms with E-state index >= 15 is 0 Å². The number of hydrogen-bond acceptors (Lipinski definition) is 5. The first-order chi connectivity index (χ1) is 14.8. The summed E-state index contributed by atoms with van der Waals surface area (Å²) in [5.74, 6) is 0.191. The molecule has 1 unspecified atom stereocenters. The molecule has 3 fully saturated rings. The molecule has 3 saturated carbocycles. The van der Waals surface area contributed by atoms with Gasteiger partial charge in [-0.25, -0.2) is 4.39 Å². The summed E-state index contributed by atoms with van der Waals surface area (Å²) in [6, 6.07) is 11.5. The Hall–Kier alpha value is -2.35. The standard InChI is InChI=1S/C23H26ClFN2O4/c1-2-9-30-16-5-3-15(4-6-16)21(29)27-23-12-22(13-23,14-23)26-20(28)11-31-17-7-8-18(24)19(25)10-17/h3-8,10,21,27,29H,2,9,11-14H2,1H3,(H,26,28). The van der Waals surface area contributed by atoms with Crippen molar-refractivity contribution in [2.45, 2.75) is 49.9 Å². The van der Waals surface area contributed by atoms with Gasteiger partial charge in [-0.1, -0.05) is 30.7 Å². The zero-order valence-electron chi connectivity index (χ0n) is 17.3. The van der Waals surface area contributed by atoms with Gasteiger partial charge in [0.2, 0.25) is 0 Å². The molecule has 0 aliphatic heterocycles. The topological polar surface area (TPSA) is 79.8 Å². The smallest absolute Gasteiger partial charge is 0.258 e. The van der Waals surface area contributed by atoms with Crippen LogP contribution in [0, 0.1) is 5.82 Å². The van der Waals surface area contributed by atoms with Crippen LogP contribution in [-0.2, 0) is 4.79 Å². The Bertz CT molecular complexity index is 933. The van der Waals surface area contributed by atoms with Gasteiger partial charge < -0.3 is 19.9 Å². The van der Waals surface area contributed by atoms with E-state index in [-0.39, 0.29) is 34.4 Å². The van der Waals surface area contributed by atoms with Gasteiger partial charge in [-0.3, -0.25) is 10.1 Å². The number of benzene rings is 2. The number of hydrogen-bond donors (Lipinski definition) is 3. The first kappa shape index (κ1) is 21.9. The number of carbonyl (C=O) groups is 1. The molecule has 0 heterocycles. The quantitative estimate of drug-likeness (QED) is 0.483. The van der Waals surface area contributed by atoms with E-state index in [0.29, 0.717) is 6.61 Å². The van der Waals surface area contributed by atoms with E-state index in [2.05, 4.69) is 17.6 Å². The second-order valence-corrected chi connectivity index (χ2v) is 8.88. The summed E-state index contributed by atoms with van der Waals surface area (Å²) < 4.78 is 24.3. The molecule has 1 atom stereocenters. The van der Waals surface area contributed by atoms with E-state index < -0.39 is 12.0 Å². The van der Waals surface area contributed by atoms with Crippen LogP contribution in [-0.4, -0.2) is 35.3 Å². The first-order valence-corrected chi connectivity index (χ1v) is 10.8. The van der Waals surface area contributed by atoms with Gasteiger partial charge in [-0.15, -0.1) is 0 Å². The minimum atomic E-state index is -0.780. The number of amides is 1. The lowest BCUT2D eigenvalue weighted by atomic mass is 9.44.